The van der Waals surface area contributed by atoms with E-state index >= 15 is 0 Å². The van der Waals surface area contributed by atoms with Gasteiger partial charge in [0.1, 0.15) is 5.78 Å². The highest BCUT2D eigenvalue weighted by molar-refractivity contribution is 5.84. The van der Waals surface area contributed by atoms with Crippen molar-refractivity contribution in [1.29, 1.82) is 0 Å². The molecule has 0 aromatic heterocycles. The van der Waals surface area contributed by atoms with Crippen LogP contribution in [-0.2, 0) is 4.79 Å². The van der Waals surface area contributed by atoms with E-state index in [0.29, 0.717) is 5.78 Å². The summed E-state index contributed by atoms with van der Waals surface area (Å²) in [5.74, 6) is 0.535. The molecule has 2 nitrogen and oxygen atoms in total. The Morgan fingerprint density at radius 3 is 2.38 bits per heavy atom. The summed E-state index contributed by atoms with van der Waals surface area (Å²) in [7, 11) is 0. The van der Waals surface area contributed by atoms with Gasteiger partial charge in [0.15, 0.2) is 0 Å². The minimum absolute atomic E-state index is 0.0253. The van der Waals surface area contributed by atoms with Crippen molar-refractivity contribution in [3.05, 3.63) is 0 Å². The normalized spacial score (nSPS) is 19.6. The molecule has 0 amide bonds. The summed E-state index contributed by atoms with van der Waals surface area (Å²) in [6.07, 6.45) is 8.79. The van der Waals surface area contributed by atoms with Crippen LogP contribution in [0.5, 0.6) is 0 Å². The second-order valence-corrected chi connectivity index (χ2v) is 5.12. The quantitative estimate of drug-likeness (QED) is 0.674. The number of rotatable bonds is 7. The summed E-state index contributed by atoms with van der Waals surface area (Å²) in [5.41, 5.74) is 0.0253. The summed E-state index contributed by atoms with van der Waals surface area (Å²) in [4.78, 5) is 12.3. The summed E-state index contributed by atoms with van der Waals surface area (Å²) in [6.45, 7) is 6.43. The van der Waals surface area contributed by atoms with Gasteiger partial charge in [-0.15, -0.1) is 0 Å². The van der Waals surface area contributed by atoms with Crippen molar-refractivity contribution in [3.8, 4) is 0 Å². The Kier molecular flexibility index (Phi) is 6.04. The third-order valence-corrected chi connectivity index (χ3v) is 4.09. The molecule has 0 aromatic rings. The van der Waals surface area contributed by atoms with Crippen LogP contribution < -0.4 is 5.32 Å². The number of hydrogen-bond acceptors (Lipinski definition) is 2. The van der Waals surface area contributed by atoms with E-state index in [1.165, 1.54) is 19.3 Å². The molecule has 16 heavy (non-hydrogen) atoms. The molecule has 1 rings (SSSR count). The molecule has 94 valence electrons. The van der Waals surface area contributed by atoms with Crippen molar-refractivity contribution in [2.75, 3.05) is 13.1 Å². The third kappa shape index (κ3) is 3.58. The molecule has 2 heteroatoms. The fraction of sp³-hybridized carbons (Fsp3) is 0.929. The highest BCUT2D eigenvalue weighted by Crippen LogP contribution is 2.35. The fourth-order valence-corrected chi connectivity index (χ4v) is 2.71. The van der Waals surface area contributed by atoms with E-state index in [4.69, 9.17) is 0 Å². The molecule has 1 saturated heterocycles. The van der Waals surface area contributed by atoms with E-state index < -0.39 is 0 Å². The Bertz CT molecular complexity index is 207. The van der Waals surface area contributed by atoms with Crippen molar-refractivity contribution in [1.82, 2.24) is 5.32 Å². The van der Waals surface area contributed by atoms with Crippen LogP contribution in [0.4, 0.5) is 0 Å². The van der Waals surface area contributed by atoms with E-state index in [0.717, 1.165) is 45.2 Å². The van der Waals surface area contributed by atoms with Crippen LogP contribution in [0.25, 0.3) is 0 Å². The van der Waals surface area contributed by atoms with E-state index in [2.05, 4.69) is 19.2 Å². The standard InChI is InChI=1S/C14H27NO/c1-3-5-6-7-8-13(16)14(4-2)9-11-15-12-10-14/h15H,3-12H2,1-2H3. The topological polar surface area (TPSA) is 29.1 Å². The predicted molar refractivity (Wildman–Crippen MR) is 68.6 cm³/mol. The van der Waals surface area contributed by atoms with Crippen LogP contribution in [0, 0.1) is 5.41 Å². The first-order chi connectivity index (χ1) is 7.75. The second kappa shape index (κ2) is 7.05. The van der Waals surface area contributed by atoms with Crippen LogP contribution in [0.15, 0.2) is 0 Å². The molecule has 0 aromatic carbocycles. The average molecular weight is 225 g/mol. The summed E-state index contributed by atoms with van der Waals surface area (Å²) in [5, 5.41) is 3.35. The Labute approximate surface area is 100 Å². The molecule has 1 fully saturated rings. The van der Waals surface area contributed by atoms with Gasteiger partial charge in [-0.2, -0.15) is 0 Å². The van der Waals surface area contributed by atoms with Crippen molar-refractivity contribution in [3.63, 3.8) is 0 Å². The Hall–Kier alpha value is -0.370. The lowest BCUT2D eigenvalue weighted by Gasteiger charge is -2.35. The zero-order valence-corrected chi connectivity index (χ0v) is 11.0. The number of ketones is 1. The zero-order valence-electron chi connectivity index (χ0n) is 11.0. The summed E-state index contributed by atoms with van der Waals surface area (Å²) in [6, 6.07) is 0. The van der Waals surface area contributed by atoms with E-state index in [-0.39, 0.29) is 5.41 Å². The second-order valence-electron chi connectivity index (χ2n) is 5.12. The number of carbonyl (C=O) groups excluding carboxylic acids is 1. The Morgan fingerprint density at radius 1 is 1.12 bits per heavy atom. The number of Topliss-reactive ketones (excluding diaryl/α,β-unsaturated/α-hetero) is 1. The van der Waals surface area contributed by atoms with Gasteiger partial charge in [0.25, 0.3) is 0 Å². The Morgan fingerprint density at radius 2 is 1.81 bits per heavy atom. The molecule has 0 unspecified atom stereocenters. The van der Waals surface area contributed by atoms with Crippen LogP contribution in [0.2, 0.25) is 0 Å². The SMILES string of the molecule is CCCCCCC(=O)C1(CC)CCNCC1. The van der Waals surface area contributed by atoms with Crippen LogP contribution >= 0.6 is 0 Å². The number of piperidine rings is 1. The predicted octanol–water partition coefficient (Wildman–Crippen LogP) is 3.31. The first-order valence-electron chi connectivity index (χ1n) is 6.99. The van der Waals surface area contributed by atoms with Crippen molar-refractivity contribution in [2.45, 2.75) is 65.2 Å². The monoisotopic (exact) mass is 225 g/mol. The van der Waals surface area contributed by atoms with Gasteiger partial charge in [-0.3, -0.25) is 4.79 Å². The van der Waals surface area contributed by atoms with Gasteiger partial charge in [-0.1, -0.05) is 33.1 Å². The van der Waals surface area contributed by atoms with E-state index in [9.17, 15) is 4.79 Å². The lowest BCUT2D eigenvalue weighted by atomic mass is 9.72. The highest BCUT2D eigenvalue weighted by Gasteiger charge is 2.36. The highest BCUT2D eigenvalue weighted by atomic mass is 16.1. The number of nitrogens with one attached hydrogen (secondary N) is 1. The first kappa shape index (κ1) is 13.7. The lowest BCUT2D eigenvalue weighted by Crippen LogP contribution is -2.41. The van der Waals surface area contributed by atoms with Crippen molar-refractivity contribution < 1.29 is 4.79 Å². The zero-order chi connectivity index (χ0) is 11.9. The lowest BCUT2D eigenvalue weighted by molar-refractivity contribution is -0.130. The van der Waals surface area contributed by atoms with Gasteiger partial charge in [0.2, 0.25) is 0 Å². The first-order valence-corrected chi connectivity index (χ1v) is 6.99. The van der Waals surface area contributed by atoms with Gasteiger partial charge in [-0.25, -0.2) is 0 Å². The average Bonchev–Trinajstić information content (AvgIpc) is 2.35. The molecule has 0 saturated carbocycles. The minimum Gasteiger partial charge on any atom is -0.317 e. The molecule has 0 spiro atoms. The number of unbranched alkanes of at least 4 members (excludes halogenated alkanes) is 3. The maximum atomic E-state index is 12.3. The van der Waals surface area contributed by atoms with E-state index in [1.807, 2.05) is 0 Å². The third-order valence-electron chi connectivity index (χ3n) is 4.09. The van der Waals surface area contributed by atoms with E-state index in [1.54, 1.807) is 0 Å². The molecular formula is C14H27NO. The maximum Gasteiger partial charge on any atom is 0.139 e. The number of hydrogen-bond donors (Lipinski definition) is 1. The smallest absolute Gasteiger partial charge is 0.139 e. The molecule has 1 N–H and O–H groups in total. The molecular weight excluding hydrogens is 198 g/mol. The minimum atomic E-state index is 0.0253. The molecule has 1 aliphatic heterocycles. The molecule has 0 radical (unpaired) electrons. The summed E-state index contributed by atoms with van der Waals surface area (Å²) >= 11 is 0. The Balaban J connectivity index is 2.36. The van der Waals surface area contributed by atoms with Crippen LogP contribution in [0.3, 0.4) is 0 Å². The van der Waals surface area contributed by atoms with Gasteiger partial charge < -0.3 is 5.32 Å². The maximum absolute atomic E-state index is 12.3. The molecule has 0 atom stereocenters. The van der Waals surface area contributed by atoms with Gasteiger partial charge >= 0.3 is 0 Å². The van der Waals surface area contributed by atoms with Crippen molar-refractivity contribution >= 4 is 5.78 Å². The van der Waals surface area contributed by atoms with Gasteiger partial charge in [0, 0.05) is 11.8 Å². The van der Waals surface area contributed by atoms with Crippen molar-refractivity contribution in [2.24, 2.45) is 5.41 Å². The fourth-order valence-electron chi connectivity index (χ4n) is 2.71. The largest absolute Gasteiger partial charge is 0.317 e. The van der Waals surface area contributed by atoms with Gasteiger partial charge in [-0.05, 0) is 38.8 Å². The van der Waals surface area contributed by atoms with Gasteiger partial charge in [0.05, 0.1) is 0 Å². The van der Waals surface area contributed by atoms with Crippen LogP contribution in [-0.4, -0.2) is 18.9 Å². The molecule has 1 heterocycles. The molecule has 0 aliphatic carbocycles. The summed E-state index contributed by atoms with van der Waals surface area (Å²) < 4.78 is 0. The molecule has 0 bridgehead atoms. The van der Waals surface area contributed by atoms with Crippen LogP contribution in [0.1, 0.15) is 65.2 Å². The molecule has 1 aliphatic rings. The number of carbonyl (C=O) groups is 1.